The molecule has 0 radical (unpaired) electrons. The van der Waals surface area contributed by atoms with Gasteiger partial charge in [-0.3, -0.25) is 4.79 Å². The summed E-state index contributed by atoms with van der Waals surface area (Å²) in [4.78, 5) is 11.7. The Morgan fingerprint density at radius 3 is 2.75 bits per heavy atom. The molecule has 1 unspecified atom stereocenters. The Hall–Kier alpha value is -1.87. The molecule has 0 amide bonds. The molecule has 1 aromatic carbocycles. The van der Waals surface area contributed by atoms with Crippen LogP contribution in [0.3, 0.4) is 0 Å². The summed E-state index contributed by atoms with van der Waals surface area (Å²) in [6.45, 7) is 2.04. The Bertz CT molecular complexity index is 670. The Morgan fingerprint density at radius 1 is 1.35 bits per heavy atom. The average Bonchev–Trinajstić information content (AvgIpc) is 3.02. The molecular weight excluding hydrogens is 274 g/mol. The number of alkyl halides is 1. The number of ketones is 1. The van der Waals surface area contributed by atoms with Crippen LogP contribution in [0.2, 0.25) is 0 Å². The van der Waals surface area contributed by atoms with E-state index in [-0.39, 0.29) is 11.2 Å². The highest BCUT2D eigenvalue weighted by molar-refractivity contribution is 6.28. The first kappa shape index (κ1) is 13.1. The molecule has 0 N–H and O–H groups in total. The van der Waals surface area contributed by atoms with Crippen molar-refractivity contribution in [2.75, 3.05) is 0 Å². The van der Waals surface area contributed by atoms with Gasteiger partial charge in [0.25, 0.3) is 0 Å². The highest BCUT2D eigenvalue weighted by atomic mass is 35.5. The van der Waals surface area contributed by atoms with Crippen molar-refractivity contribution in [3.05, 3.63) is 47.2 Å². The number of carbonyl (C=O) groups is 1. The number of rotatable bonds is 2. The van der Waals surface area contributed by atoms with Crippen LogP contribution in [-0.2, 0) is 4.79 Å². The molecule has 0 saturated heterocycles. The molecule has 1 fully saturated rings. The third-order valence-electron chi connectivity index (χ3n) is 3.46. The molecule has 1 aliphatic rings. The van der Waals surface area contributed by atoms with Crippen LogP contribution in [0.4, 0.5) is 0 Å². The summed E-state index contributed by atoms with van der Waals surface area (Å²) in [6.07, 6.45) is 2.92. The maximum atomic E-state index is 11.7. The highest BCUT2D eigenvalue weighted by Gasteiger charge is 2.27. The van der Waals surface area contributed by atoms with Crippen molar-refractivity contribution in [2.45, 2.75) is 25.1 Å². The molecule has 2 aromatic rings. The lowest BCUT2D eigenvalue weighted by Gasteiger charge is -1.98. The van der Waals surface area contributed by atoms with Crippen LogP contribution < -0.4 is 0 Å². The van der Waals surface area contributed by atoms with Crippen molar-refractivity contribution in [3.8, 4) is 11.3 Å². The van der Waals surface area contributed by atoms with Crippen LogP contribution in [0.1, 0.15) is 24.2 Å². The van der Waals surface area contributed by atoms with Crippen LogP contribution in [0.15, 0.2) is 40.4 Å². The van der Waals surface area contributed by atoms with Crippen molar-refractivity contribution < 1.29 is 9.32 Å². The second-order valence-electron chi connectivity index (χ2n) is 5.01. The van der Waals surface area contributed by atoms with E-state index in [0.29, 0.717) is 24.2 Å². The summed E-state index contributed by atoms with van der Waals surface area (Å²) in [5.41, 5.74) is 3.57. The van der Waals surface area contributed by atoms with Crippen molar-refractivity contribution in [1.82, 2.24) is 5.16 Å². The van der Waals surface area contributed by atoms with Gasteiger partial charge in [-0.2, -0.15) is 0 Å². The van der Waals surface area contributed by atoms with Crippen LogP contribution in [-0.4, -0.2) is 16.3 Å². The molecule has 1 atom stereocenters. The Labute approximate surface area is 122 Å². The quantitative estimate of drug-likeness (QED) is 0.619. The summed E-state index contributed by atoms with van der Waals surface area (Å²) < 4.78 is 5.27. The molecule has 102 valence electrons. The van der Waals surface area contributed by atoms with E-state index in [4.69, 9.17) is 16.1 Å². The predicted molar refractivity (Wildman–Crippen MR) is 78.5 cm³/mol. The van der Waals surface area contributed by atoms with E-state index in [1.165, 1.54) is 5.56 Å². The number of halogens is 1. The Balaban J connectivity index is 1.89. The number of hydrogen-bond donors (Lipinski definition) is 0. The molecule has 0 bridgehead atoms. The van der Waals surface area contributed by atoms with Gasteiger partial charge in [-0.15, -0.1) is 11.6 Å². The first-order valence-electron chi connectivity index (χ1n) is 6.56. The van der Waals surface area contributed by atoms with Crippen molar-refractivity contribution >= 4 is 23.5 Å². The third kappa shape index (κ3) is 2.54. The molecule has 1 heterocycles. The van der Waals surface area contributed by atoms with Gasteiger partial charge in [0.05, 0.1) is 5.38 Å². The van der Waals surface area contributed by atoms with Gasteiger partial charge in [0, 0.05) is 23.6 Å². The van der Waals surface area contributed by atoms with Crippen molar-refractivity contribution in [1.29, 1.82) is 0 Å². The third-order valence-corrected chi connectivity index (χ3v) is 3.91. The van der Waals surface area contributed by atoms with Gasteiger partial charge < -0.3 is 4.52 Å². The fourth-order valence-electron chi connectivity index (χ4n) is 2.27. The van der Waals surface area contributed by atoms with Crippen LogP contribution in [0, 0.1) is 6.92 Å². The second-order valence-corrected chi connectivity index (χ2v) is 5.54. The van der Waals surface area contributed by atoms with Crippen molar-refractivity contribution in [2.24, 2.45) is 0 Å². The molecule has 3 nitrogen and oxygen atoms in total. The Kier molecular flexibility index (Phi) is 3.45. The maximum absolute atomic E-state index is 11.7. The number of hydrogen-bond acceptors (Lipinski definition) is 3. The number of aromatic nitrogens is 1. The summed E-state index contributed by atoms with van der Waals surface area (Å²) in [7, 11) is 0. The zero-order valence-electron chi connectivity index (χ0n) is 11.1. The average molecular weight is 288 g/mol. The molecule has 4 heteroatoms. The van der Waals surface area contributed by atoms with E-state index in [2.05, 4.69) is 5.16 Å². The second kappa shape index (κ2) is 5.25. The van der Waals surface area contributed by atoms with E-state index >= 15 is 0 Å². The van der Waals surface area contributed by atoms with Crippen LogP contribution >= 0.6 is 11.6 Å². The molecular formula is C16H14ClNO2. The van der Waals surface area contributed by atoms with E-state index in [1.54, 1.807) is 6.08 Å². The highest BCUT2D eigenvalue weighted by Crippen LogP contribution is 2.29. The topological polar surface area (TPSA) is 43.1 Å². The minimum absolute atomic E-state index is 0.0956. The number of allylic oxidation sites excluding steroid dienone is 1. The molecule has 1 saturated carbocycles. The largest absolute Gasteiger partial charge is 0.356 e. The molecule has 1 aromatic heterocycles. The Morgan fingerprint density at radius 2 is 2.10 bits per heavy atom. The van der Waals surface area contributed by atoms with E-state index in [0.717, 1.165) is 11.3 Å². The zero-order valence-corrected chi connectivity index (χ0v) is 11.9. The predicted octanol–water partition coefficient (Wildman–Crippen LogP) is 4.00. The summed E-state index contributed by atoms with van der Waals surface area (Å²) in [5, 5.41) is 3.82. The first-order valence-corrected chi connectivity index (χ1v) is 7.00. The van der Waals surface area contributed by atoms with Crippen LogP contribution in [0.25, 0.3) is 17.3 Å². The lowest BCUT2D eigenvalue weighted by Crippen LogP contribution is -1.98. The zero-order chi connectivity index (χ0) is 14.1. The molecule has 20 heavy (non-hydrogen) atoms. The minimum Gasteiger partial charge on any atom is -0.356 e. The van der Waals surface area contributed by atoms with Gasteiger partial charge in [0.1, 0.15) is 5.69 Å². The summed E-state index contributed by atoms with van der Waals surface area (Å²) in [6, 6.07) is 9.87. The summed E-state index contributed by atoms with van der Waals surface area (Å²) in [5.74, 6) is 0.662. The number of Topliss-reactive ketones (excluding diaryl/α,β-unsaturated/α-hetero) is 1. The number of benzene rings is 1. The van der Waals surface area contributed by atoms with E-state index in [9.17, 15) is 4.79 Å². The molecule has 0 aliphatic heterocycles. The van der Waals surface area contributed by atoms with Crippen LogP contribution in [0.5, 0.6) is 0 Å². The monoisotopic (exact) mass is 287 g/mol. The molecule has 0 spiro atoms. The molecule has 1 aliphatic carbocycles. The fourth-order valence-corrected chi connectivity index (χ4v) is 2.57. The van der Waals surface area contributed by atoms with Gasteiger partial charge in [-0.1, -0.05) is 35.0 Å². The normalized spacial score (nSPS) is 20.8. The van der Waals surface area contributed by atoms with Gasteiger partial charge in [0.15, 0.2) is 11.5 Å². The maximum Gasteiger partial charge on any atom is 0.160 e. The van der Waals surface area contributed by atoms with Crippen molar-refractivity contribution in [3.63, 3.8) is 0 Å². The standard InChI is InChI=1S/C16H14ClNO2/c1-10-2-4-11(5-3-10)15-9-12(20-18-15)8-13-14(17)6-7-16(13)19/h2-5,8-9,14H,6-7H2,1H3/b13-8+. The lowest BCUT2D eigenvalue weighted by atomic mass is 10.1. The molecule has 3 rings (SSSR count). The fraction of sp³-hybridized carbons (Fsp3) is 0.250. The van der Waals surface area contributed by atoms with Gasteiger partial charge in [-0.05, 0) is 19.4 Å². The van der Waals surface area contributed by atoms with Gasteiger partial charge in [0.2, 0.25) is 0 Å². The van der Waals surface area contributed by atoms with E-state index in [1.807, 2.05) is 37.3 Å². The van der Waals surface area contributed by atoms with Gasteiger partial charge in [-0.25, -0.2) is 0 Å². The first-order chi connectivity index (χ1) is 9.63. The number of nitrogens with zero attached hydrogens (tertiary/aromatic N) is 1. The SMILES string of the molecule is Cc1ccc(-c2cc(/C=C3/C(=O)CCC3Cl)on2)cc1. The minimum atomic E-state index is -0.213. The lowest BCUT2D eigenvalue weighted by molar-refractivity contribution is -0.114. The smallest absolute Gasteiger partial charge is 0.160 e. The number of carbonyl (C=O) groups excluding carboxylic acids is 1. The van der Waals surface area contributed by atoms with Gasteiger partial charge >= 0.3 is 0 Å². The number of aryl methyl sites for hydroxylation is 1. The summed E-state index contributed by atoms with van der Waals surface area (Å²) >= 11 is 6.11. The van der Waals surface area contributed by atoms with E-state index < -0.39 is 0 Å².